The van der Waals surface area contributed by atoms with Crippen molar-refractivity contribution in [3.05, 3.63) is 54.1 Å². The maximum Gasteiger partial charge on any atom is 0.238 e. The van der Waals surface area contributed by atoms with Crippen molar-refractivity contribution in [3.63, 3.8) is 0 Å². The topological polar surface area (TPSA) is 58.2 Å². The number of hydrogen-bond donors (Lipinski definition) is 2. The highest BCUT2D eigenvalue weighted by atomic mass is 32.2. The van der Waals surface area contributed by atoms with Crippen LogP contribution in [0.4, 0.5) is 20.2 Å². The van der Waals surface area contributed by atoms with Crippen LogP contribution in [-0.2, 0) is 9.59 Å². The summed E-state index contributed by atoms with van der Waals surface area (Å²) in [6.45, 7) is 0. The molecule has 0 bridgehead atoms. The lowest BCUT2D eigenvalue weighted by atomic mass is 10.2. The lowest BCUT2D eigenvalue weighted by Gasteiger charge is -2.23. The molecule has 0 radical (unpaired) electrons. The highest BCUT2D eigenvalue weighted by Crippen LogP contribution is 2.36. The van der Waals surface area contributed by atoms with E-state index in [-0.39, 0.29) is 18.0 Å². The van der Waals surface area contributed by atoms with Crippen LogP contribution < -0.4 is 10.6 Å². The van der Waals surface area contributed by atoms with Crippen molar-refractivity contribution >= 4 is 35.0 Å². The van der Waals surface area contributed by atoms with Gasteiger partial charge in [-0.15, -0.1) is 11.8 Å². The normalized spacial score (nSPS) is 16.4. The number of anilines is 2. The number of para-hydroxylation sites is 1. The Bertz CT molecular complexity index is 782. The van der Waals surface area contributed by atoms with Gasteiger partial charge in [-0.2, -0.15) is 0 Å². The predicted molar refractivity (Wildman–Crippen MR) is 84.3 cm³/mol. The quantitative estimate of drug-likeness (QED) is 0.904. The molecular weight excluding hydrogens is 322 g/mol. The number of carbonyl (C=O) groups is 2. The first kappa shape index (κ1) is 15.5. The Hall–Kier alpha value is -2.41. The van der Waals surface area contributed by atoms with E-state index in [0.29, 0.717) is 0 Å². The van der Waals surface area contributed by atoms with Crippen molar-refractivity contribution < 1.29 is 18.4 Å². The van der Waals surface area contributed by atoms with Gasteiger partial charge in [0, 0.05) is 23.1 Å². The molecule has 0 aromatic heterocycles. The fourth-order valence-corrected chi connectivity index (χ4v) is 3.29. The highest BCUT2D eigenvalue weighted by molar-refractivity contribution is 8.01. The highest BCUT2D eigenvalue weighted by Gasteiger charge is 2.28. The Kier molecular flexibility index (Phi) is 4.29. The molecule has 0 spiro atoms. The zero-order chi connectivity index (χ0) is 16.4. The van der Waals surface area contributed by atoms with E-state index in [1.165, 1.54) is 17.8 Å². The minimum atomic E-state index is -1.04. The molecule has 118 valence electrons. The molecule has 1 heterocycles. The second-order valence-electron chi connectivity index (χ2n) is 4.97. The van der Waals surface area contributed by atoms with Crippen molar-refractivity contribution in [2.24, 2.45) is 0 Å². The van der Waals surface area contributed by atoms with E-state index < -0.39 is 22.8 Å². The lowest BCUT2D eigenvalue weighted by Crippen LogP contribution is -2.32. The fraction of sp³-hybridized carbons (Fsp3) is 0.125. The van der Waals surface area contributed by atoms with Gasteiger partial charge in [-0.25, -0.2) is 8.78 Å². The molecule has 2 amide bonds. The van der Waals surface area contributed by atoms with Crippen molar-refractivity contribution in [1.29, 1.82) is 0 Å². The Balaban J connectivity index is 1.66. The van der Waals surface area contributed by atoms with Gasteiger partial charge in [0.15, 0.2) is 11.6 Å². The molecule has 1 aliphatic rings. The van der Waals surface area contributed by atoms with Gasteiger partial charge in [0.05, 0.1) is 10.9 Å². The molecule has 0 aliphatic carbocycles. The van der Waals surface area contributed by atoms with Gasteiger partial charge >= 0.3 is 0 Å². The Morgan fingerprint density at radius 2 is 1.96 bits per heavy atom. The van der Waals surface area contributed by atoms with E-state index in [2.05, 4.69) is 10.6 Å². The van der Waals surface area contributed by atoms with Crippen molar-refractivity contribution in [3.8, 4) is 0 Å². The number of rotatable bonds is 3. The fourth-order valence-electron chi connectivity index (χ4n) is 2.18. The summed E-state index contributed by atoms with van der Waals surface area (Å²) in [4.78, 5) is 24.9. The Morgan fingerprint density at radius 3 is 2.74 bits per heavy atom. The van der Waals surface area contributed by atoms with Crippen LogP contribution in [0, 0.1) is 11.6 Å². The summed E-state index contributed by atoms with van der Waals surface area (Å²) in [7, 11) is 0. The van der Waals surface area contributed by atoms with E-state index in [1.807, 2.05) is 18.2 Å². The molecule has 2 aromatic carbocycles. The molecule has 7 heteroatoms. The third-order valence-electron chi connectivity index (χ3n) is 3.28. The molecule has 4 nitrogen and oxygen atoms in total. The van der Waals surface area contributed by atoms with Gasteiger partial charge in [-0.1, -0.05) is 12.1 Å². The molecule has 1 atom stereocenters. The number of fused-ring (bicyclic) bond motifs is 1. The van der Waals surface area contributed by atoms with E-state index in [0.717, 1.165) is 22.7 Å². The molecule has 3 rings (SSSR count). The second kappa shape index (κ2) is 6.37. The molecule has 0 saturated heterocycles. The standard InChI is InChI=1S/C16H12F2N2O2S/c17-10-6-5-9(7-11(10)18)19-15(21)8-14-16(22)20-12-3-1-2-4-13(12)23-14/h1-7,14H,8H2,(H,19,21)(H,20,22). The van der Waals surface area contributed by atoms with Crippen molar-refractivity contribution in [2.75, 3.05) is 10.6 Å². The summed E-state index contributed by atoms with van der Waals surface area (Å²) < 4.78 is 26.0. The first-order valence-electron chi connectivity index (χ1n) is 6.84. The van der Waals surface area contributed by atoms with Crippen molar-refractivity contribution in [1.82, 2.24) is 0 Å². The maximum atomic E-state index is 13.1. The maximum absolute atomic E-state index is 13.1. The first-order valence-corrected chi connectivity index (χ1v) is 7.72. The minimum Gasteiger partial charge on any atom is -0.326 e. The molecule has 2 N–H and O–H groups in total. The van der Waals surface area contributed by atoms with E-state index >= 15 is 0 Å². The van der Waals surface area contributed by atoms with Crippen LogP contribution in [0.2, 0.25) is 0 Å². The monoisotopic (exact) mass is 334 g/mol. The SMILES string of the molecule is O=C(CC1Sc2ccccc2NC1=O)Nc1ccc(F)c(F)c1. The zero-order valence-electron chi connectivity index (χ0n) is 11.8. The molecule has 0 fully saturated rings. The number of nitrogens with one attached hydrogen (secondary N) is 2. The van der Waals surface area contributed by atoms with E-state index in [1.54, 1.807) is 6.07 Å². The number of benzene rings is 2. The summed E-state index contributed by atoms with van der Waals surface area (Å²) in [5, 5.41) is 4.64. The van der Waals surface area contributed by atoms with Crippen LogP contribution in [0.3, 0.4) is 0 Å². The molecule has 2 aromatic rings. The number of carbonyl (C=O) groups excluding carboxylic acids is 2. The molecule has 1 unspecified atom stereocenters. The lowest BCUT2D eigenvalue weighted by molar-refractivity contribution is -0.120. The first-order chi connectivity index (χ1) is 11.0. The van der Waals surface area contributed by atoms with E-state index in [4.69, 9.17) is 0 Å². The summed E-state index contributed by atoms with van der Waals surface area (Å²) >= 11 is 1.30. The number of halogens is 2. The van der Waals surface area contributed by atoms with Gasteiger partial charge in [-0.3, -0.25) is 9.59 Å². The van der Waals surface area contributed by atoms with Gasteiger partial charge in [-0.05, 0) is 24.3 Å². The summed E-state index contributed by atoms with van der Waals surface area (Å²) in [5.74, 6) is -2.72. The predicted octanol–water partition coefficient (Wildman–Crippen LogP) is 3.41. The Morgan fingerprint density at radius 1 is 1.17 bits per heavy atom. The molecular formula is C16H12F2N2O2S. The van der Waals surface area contributed by atoms with Crippen LogP contribution in [0.1, 0.15) is 6.42 Å². The Labute approximate surface area is 135 Å². The summed E-state index contributed by atoms with van der Waals surface area (Å²) in [6.07, 6.45) is -0.0656. The third-order valence-corrected chi connectivity index (χ3v) is 4.56. The van der Waals surface area contributed by atoms with Gasteiger partial charge in [0.1, 0.15) is 0 Å². The number of thioether (sulfide) groups is 1. The van der Waals surface area contributed by atoms with Crippen LogP contribution in [0.15, 0.2) is 47.4 Å². The van der Waals surface area contributed by atoms with Gasteiger partial charge in [0.25, 0.3) is 0 Å². The van der Waals surface area contributed by atoms with Crippen LogP contribution in [-0.4, -0.2) is 17.1 Å². The average molecular weight is 334 g/mol. The smallest absolute Gasteiger partial charge is 0.238 e. The van der Waals surface area contributed by atoms with Gasteiger partial charge < -0.3 is 10.6 Å². The molecule has 0 saturated carbocycles. The van der Waals surface area contributed by atoms with Gasteiger partial charge in [0.2, 0.25) is 11.8 Å². The molecule has 1 aliphatic heterocycles. The van der Waals surface area contributed by atoms with Crippen molar-refractivity contribution in [2.45, 2.75) is 16.6 Å². The second-order valence-corrected chi connectivity index (χ2v) is 6.22. The largest absolute Gasteiger partial charge is 0.326 e. The van der Waals surface area contributed by atoms with Crippen LogP contribution >= 0.6 is 11.8 Å². The zero-order valence-corrected chi connectivity index (χ0v) is 12.6. The minimum absolute atomic E-state index is 0.0656. The number of amides is 2. The van der Waals surface area contributed by atoms with Crippen LogP contribution in [0.5, 0.6) is 0 Å². The summed E-state index contributed by atoms with van der Waals surface area (Å²) in [6, 6.07) is 10.4. The third kappa shape index (κ3) is 3.50. The van der Waals surface area contributed by atoms with Crippen LogP contribution in [0.25, 0.3) is 0 Å². The van der Waals surface area contributed by atoms with E-state index in [9.17, 15) is 18.4 Å². The summed E-state index contributed by atoms with van der Waals surface area (Å²) in [5.41, 5.74) is 0.871. The molecule has 23 heavy (non-hydrogen) atoms. The number of hydrogen-bond acceptors (Lipinski definition) is 3. The average Bonchev–Trinajstić information content (AvgIpc) is 2.51.